The highest BCUT2D eigenvalue weighted by atomic mass is 16.3. The smallest absolute Gasteiger partial charge is 0.251 e. The predicted octanol–water partition coefficient (Wildman–Crippen LogP) is 2.87. The highest BCUT2D eigenvalue weighted by molar-refractivity contribution is 5.94. The van der Waals surface area contributed by atoms with E-state index in [0.29, 0.717) is 12.0 Å². The van der Waals surface area contributed by atoms with E-state index in [0.717, 1.165) is 24.3 Å². The number of aliphatic hydroxyl groups is 1. The number of pyridine rings is 1. The summed E-state index contributed by atoms with van der Waals surface area (Å²) in [5, 5.41) is 15.4. The molecule has 5 nitrogen and oxygen atoms in total. The predicted molar refractivity (Wildman–Crippen MR) is 101 cm³/mol. The van der Waals surface area contributed by atoms with Crippen molar-refractivity contribution in [1.29, 1.82) is 0 Å². The Labute approximate surface area is 149 Å². The number of aromatic nitrogens is 1. The largest absolute Gasteiger partial charge is 0.396 e. The van der Waals surface area contributed by atoms with E-state index in [1.54, 1.807) is 6.20 Å². The summed E-state index contributed by atoms with van der Waals surface area (Å²) in [6.07, 6.45) is 3.21. The molecule has 134 valence electrons. The molecule has 1 amide bonds. The van der Waals surface area contributed by atoms with Crippen LogP contribution in [0.15, 0.2) is 48.7 Å². The van der Waals surface area contributed by atoms with E-state index in [9.17, 15) is 4.79 Å². The van der Waals surface area contributed by atoms with E-state index >= 15 is 0 Å². The lowest BCUT2D eigenvalue weighted by molar-refractivity contribution is 0.0916. The Morgan fingerprint density at radius 3 is 2.52 bits per heavy atom. The molecule has 25 heavy (non-hydrogen) atoms. The van der Waals surface area contributed by atoms with Crippen molar-refractivity contribution < 1.29 is 9.90 Å². The van der Waals surface area contributed by atoms with Crippen molar-refractivity contribution in [1.82, 2.24) is 10.3 Å². The highest BCUT2D eigenvalue weighted by Crippen LogP contribution is 2.12. The molecular formula is C20H27N3O2. The molecule has 1 aromatic carbocycles. The maximum Gasteiger partial charge on any atom is 0.251 e. The summed E-state index contributed by atoms with van der Waals surface area (Å²) in [6, 6.07) is 13.3. The second-order valence-electron chi connectivity index (χ2n) is 6.41. The molecule has 1 heterocycles. The van der Waals surface area contributed by atoms with E-state index in [1.165, 1.54) is 0 Å². The molecule has 0 aliphatic carbocycles. The number of anilines is 1. The van der Waals surface area contributed by atoms with Gasteiger partial charge in [-0.05, 0) is 48.7 Å². The van der Waals surface area contributed by atoms with Gasteiger partial charge in [0.15, 0.2) is 0 Å². The van der Waals surface area contributed by atoms with Gasteiger partial charge < -0.3 is 15.7 Å². The molecule has 3 N–H and O–H groups in total. The molecule has 0 spiro atoms. The molecule has 0 radical (unpaired) electrons. The van der Waals surface area contributed by atoms with Crippen LogP contribution in [0.5, 0.6) is 0 Å². The summed E-state index contributed by atoms with van der Waals surface area (Å²) in [5.74, 6) is 0.177. The van der Waals surface area contributed by atoms with Gasteiger partial charge in [0, 0.05) is 48.8 Å². The average Bonchev–Trinajstić information content (AvgIpc) is 2.62. The number of carbonyl (C=O) groups excluding carboxylic acids is 1. The van der Waals surface area contributed by atoms with Crippen molar-refractivity contribution in [3.8, 4) is 0 Å². The van der Waals surface area contributed by atoms with Crippen molar-refractivity contribution in [3.63, 3.8) is 0 Å². The van der Waals surface area contributed by atoms with Gasteiger partial charge in [0.2, 0.25) is 0 Å². The van der Waals surface area contributed by atoms with Crippen LogP contribution in [0.2, 0.25) is 0 Å². The standard InChI is InChI=1S/C20H27N3O2/c1-15(2)19(11-14-24)23-20(25)16-6-8-18(9-7-16)22-13-10-17-5-3-4-12-21-17/h3-9,12,15,19,22,24H,10-11,13-14H2,1-2H3,(H,23,25). The number of amides is 1. The topological polar surface area (TPSA) is 74.2 Å². The number of aliphatic hydroxyl groups excluding tert-OH is 1. The minimum atomic E-state index is -0.104. The fraction of sp³-hybridized carbons (Fsp3) is 0.400. The lowest BCUT2D eigenvalue weighted by Gasteiger charge is -2.21. The second-order valence-corrected chi connectivity index (χ2v) is 6.41. The van der Waals surface area contributed by atoms with Crippen molar-refractivity contribution >= 4 is 11.6 Å². The molecule has 2 rings (SSSR count). The summed E-state index contributed by atoms with van der Waals surface area (Å²) in [6.45, 7) is 4.93. The van der Waals surface area contributed by atoms with Crippen molar-refractivity contribution in [2.75, 3.05) is 18.5 Å². The molecule has 0 bridgehead atoms. The van der Waals surface area contributed by atoms with E-state index in [2.05, 4.69) is 15.6 Å². The number of hydrogen-bond acceptors (Lipinski definition) is 4. The Hall–Kier alpha value is -2.40. The van der Waals surface area contributed by atoms with Crippen LogP contribution in [0.25, 0.3) is 0 Å². The minimum Gasteiger partial charge on any atom is -0.396 e. The van der Waals surface area contributed by atoms with Gasteiger partial charge in [-0.3, -0.25) is 9.78 Å². The Kier molecular flexibility index (Phi) is 7.41. The van der Waals surface area contributed by atoms with E-state index in [4.69, 9.17) is 5.11 Å². The van der Waals surface area contributed by atoms with E-state index in [-0.39, 0.29) is 24.5 Å². The van der Waals surface area contributed by atoms with Gasteiger partial charge in [0.25, 0.3) is 5.91 Å². The van der Waals surface area contributed by atoms with Gasteiger partial charge >= 0.3 is 0 Å². The van der Waals surface area contributed by atoms with Gasteiger partial charge in [-0.25, -0.2) is 0 Å². The Bertz CT molecular complexity index is 642. The number of carbonyl (C=O) groups is 1. The Balaban J connectivity index is 1.85. The highest BCUT2D eigenvalue weighted by Gasteiger charge is 2.16. The van der Waals surface area contributed by atoms with Crippen LogP contribution >= 0.6 is 0 Å². The number of nitrogens with zero attached hydrogens (tertiary/aromatic N) is 1. The number of hydrogen-bond donors (Lipinski definition) is 3. The zero-order valence-electron chi connectivity index (χ0n) is 14.9. The summed E-state index contributed by atoms with van der Waals surface area (Å²) in [4.78, 5) is 16.6. The van der Waals surface area contributed by atoms with Crippen molar-refractivity contribution in [2.45, 2.75) is 32.7 Å². The molecule has 1 aromatic heterocycles. The molecule has 0 saturated heterocycles. The van der Waals surface area contributed by atoms with Crippen molar-refractivity contribution in [3.05, 3.63) is 59.9 Å². The fourth-order valence-electron chi connectivity index (χ4n) is 2.58. The third-order valence-corrected chi connectivity index (χ3v) is 4.14. The number of nitrogens with one attached hydrogen (secondary N) is 2. The van der Waals surface area contributed by atoms with Crippen molar-refractivity contribution in [2.24, 2.45) is 5.92 Å². The van der Waals surface area contributed by atoms with Crippen LogP contribution in [-0.4, -0.2) is 35.2 Å². The molecule has 2 aromatic rings. The zero-order chi connectivity index (χ0) is 18.1. The van der Waals surface area contributed by atoms with Gasteiger partial charge in [0.1, 0.15) is 0 Å². The molecule has 0 saturated carbocycles. The summed E-state index contributed by atoms with van der Waals surface area (Å²) in [7, 11) is 0. The first-order valence-electron chi connectivity index (χ1n) is 8.75. The monoisotopic (exact) mass is 341 g/mol. The third kappa shape index (κ3) is 6.19. The van der Waals surface area contributed by atoms with Gasteiger partial charge in [-0.1, -0.05) is 19.9 Å². The SMILES string of the molecule is CC(C)C(CCO)NC(=O)c1ccc(NCCc2ccccn2)cc1. The maximum absolute atomic E-state index is 12.3. The lowest BCUT2D eigenvalue weighted by Crippen LogP contribution is -2.39. The molecule has 0 aliphatic rings. The summed E-state index contributed by atoms with van der Waals surface area (Å²) in [5.41, 5.74) is 2.65. The molecule has 5 heteroatoms. The minimum absolute atomic E-state index is 0.0197. The Morgan fingerprint density at radius 2 is 1.92 bits per heavy atom. The van der Waals surface area contributed by atoms with E-state index < -0.39 is 0 Å². The Morgan fingerprint density at radius 1 is 1.16 bits per heavy atom. The van der Waals surface area contributed by atoms with Crippen LogP contribution in [0, 0.1) is 5.92 Å². The zero-order valence-corrected chi connectivity index (χ0v) is 14.9. The van der Waals surface area contributed by atoms with Crippen LogP contribution < -0.4 is 10.6 Å². The second kappa shape index (κ2) is 9.79. The third-order valence-electron chi connectivity index (χ3n) is 4.14. The first-order chi connectivity index (χ1) is 12.1. The quantitative estimate of drug-likeness (QED) is 0.656. The van der Waals surface area contributed by atoms with E-state index in [1.807, 2.05) is 56.3 Å². The summed E-state index contributed by atoms with van der Waals surface area (Å²) >= 11 is 0. The first kappa shape index (κ1) is 18.9. The van der Waals surface area contributed by atoms with Crippen LogP contribution in [-0.2, 0) is 6.42 Å². The van der Waals surface area contributed by atoms with Gasteiger partial charge in [0.05, 0.1) is 0 Å². The summed E-state index contributed by atoms with van der Waals surface area (Å²) < 4.78 is 0. The normalized spacial score (nSPS) is 12.0. The first-order valence-corrected chi connectivity index (χ1v) is 8.75. The van der Waals surface area contributed by atoms with Crippen LogP contribution in [0.3, 0.4) is 0 Å². The molecule has 0 aliphatic heterocycles. The lowest BCUT2D eigenvalue weighted by atomic mass is 10.0. The average molecular weight is 341 g/mol. The number of rotatable bonds is 9. The molecule has 1 unspecified atom stereocenters. The molecular weight excluding hydrogens is 314 g/mol. The van der Waals surface area contributed by atoms with Gasteiger partial charge in [-0.15, -0.1) is 0 Å². The maximum atomic E-state index is 12.3. The van der Waals surface area contributed by atoms with Gasteiger partial charge in [-0.2, -0.15) is 0 Å². The fourth-order valence-corrected chi connectivity index (χ4v) is 2.58. The van der Waals surface area contributed by atoms with Crippen LogP contribution in [0.1, 0.15) is 36.3 Å². The molecule has 1 atom stereocenters. The van der Waals surface area contributed by atoms with Crippen LogP contribution in [0.4, 0.5) is 5.69 Å². The number of benzene rings is 1. The molecule has 0 fully saturated rings.